The molecule has 0 aliphatic carbocycles. The monoisotopic (exact) mass is 387 g/mol. The number of hydrogen-bond acceptors (Lipinski definition) is 6. The SMILES string of the molecule is COC(=O)CCNC(=O)[C@H](OP(=O)(O)OCc1ccccc1)C(C)(C)C. The Bertz CT molecular complexity index is 642. The molecule has 0 fully saturated rings. The minimum atomic E-state index is -4.47. The van der Waals surface area contributed by atoms with Gasteiger partial charge in [-0.2, -0.15) is 0 Å². The second-order valence-electron chi connectivity index (χ2n) is 6.70. The summed E-state index contributed by atoms with van der Waals surface area (Å²) < 4.78 is 26.8. The summed E-state index contributed by atoms with van der Waals surface area (Å²) in [4.78, 5) is 33.4. The number of rotatable bonds is 9. The summed E-state index contributed by atoms with van der Waals surface area (Å²) in [7, 11) is -3.23. The van der Waals surface area contributed by atoms with Crippen molar-refractivity contribution >= 4 is 19.7 Å². The highest BCUT2D eigenvalue weighted by Gasteiger charge is 2.39. The predicted octanol–water partition coefficient (Wildman–Crippen LogP) is 2.41. The van der Waals surface area contributed by atoms with Gasteiger partial charge in [0, 0.05) is 6.54 Å². The third kappa shape index (κ3) is 8.10. The first-order valence-electron chi connectivity index (χ1n) is 8.09. The van der Waals surface area contributed by atoms with Gasteiger partial charge >= 0.3 is 13.8 Å². The number of ether oxygens (including phenoxy) is 1. The number of hydrogen-bond donors (Lipinski definition) is 2. The van der Waals surface area contributed by atoms with Crippen LogP contribution < -0.4 is 5.32 Å². The Labute approximate surface area is 153 Å². The molecule has 8 nitrogen and oxygen atoms in total. The zero-order valence-electron chi connectivity index (χ0n) is 15.4. The average molecular weight is 387 g/mol. The van der Waals surface area contributed by atoms with Gasteiger partial charge < -0.3 is 14.9 Å². The summed E-state index contributed by atoms with van der Waals surface area (Å²) in [6, 6.07) is 8.83. The molecule has 0 bridgehead atoms. The van der Waals surface area contributed by atoms with Crippen molar-refractivity contribution in [2.24, 2.45) is 5.41 Å². The van der Waals surface area contributed by atoms with Crippen LogP contribution in [-0.2, 0) is 34.5 Å². The van der Waals surface area contributed by atoms with Crippen LogP contribution in [0, 0.1) is 5.41 Å². The Morgan fingerprint density at radius 2 is 1.85 bits per heavy atom. The Morgan fingerprint density at radius 1 is 1.23 bits per heavy atom. The van der Waals surface area contributed by atoms with Crippen LogP contribution in [0.2, 0.25) is 0 Å². The quantitative estimate of drug-likeness (QED) is 0.494. The molecule has 0 aliphatic rings. The molecule has 1 aromatic carbocycles. The molecule has 0 heterocycles. The first-order chi connectivity index (χ1) is 12.0. The summed E-state index contributed by atoms with van der Waals surface area (Å²) >= 11 is 0. The van der Waals surface area contributed by atoms with Crippen LogP contribution in [0.1, 0.15) is 32.8 Å². The summed E-state index contributed by atoms with van der Waals surface area (Å²) in [6.45, 7) is 4.97. The fourth-order valence-electron chi connectivity index (χ4n) is 1.98. The lowest BCUT2D eigenvalue weighted by Crippen LogP contribution is -2.44. The second kappa shape index (κ2) is 9.83. The third-order valence-electron chi connectivity index (χ3n) is 3.36. The molecule has 2 N–H and O–H groups in total. The second-order valence-corrected chi connectivity index (χ2v) is 8.10. The number of esters is 1. The van der Waals surface area contributed by atoms with Crippen LogP contribution in [0.25, 0.3) is 0 Å². The standard InChI is InChI=1S/C17H26NO7P/c1-17(2,3)15(16(20)18-11-10-14(19)23-4)25-26(21,22)24-12-13-8-6-5-7-9-13/h5-9,15H,10-12H2,1-4H3,(H,18,20)(H,21,22)/t15-/m0/s1. The van der Waals surface area contributed by atoms with Crippen molar-refractivity contribution < 1.29 is 32.8 Å². The van der Waals surface area contributed by atoms with Crippen LogP contribution in [-0.4, -0.2) is 36.5 Å². The Hall–Kier alpha value is -1.73. The zero-order chi connectivity index (χ0) is 19.8. The molecule has 9 heteroatoms. The highest BCUT2D eigenvalue weighted by Crippen LogP contribution is 2.48. The molecule has 0 saturated heterocycles. The van der Waals surface area contributed by atoms with E-state index < -0.39 is 31.2 Å². The maximum atomic E-state index is 12.3. The van der Waals surface area contributed by atoms with E-state index in [1.54, 1.807) is 45.0 Å². The van der Waals surface area contributed by atoms with Crippen molar-refractivity contribution in [3.63, 3.8) is 0 Å². The normalized spacial score (nSPS) is 15.0. The molecule has 2 atom stereocenters. The van der Waals surface area contributed by atoms with Crippen molar-refractivity contribution in [3.8, 4) is 0 Å². The average Bonchev–Trinajstić information content (AvgIpc) is 2.57. The molecule has 0 aliphatic heterocycles. The summed E-state index contributed by atoms with van der Waals surface area (Å²) in [5, 5.41) is 2.50. The minimum Gasteiger partial charge on any atom is -0.469 e. The van der Waals surface area contributed by atoms with Crippen LogP contribution in [0.5, 0.6) is 0 Å². The van der Waals surface area contributed by atoms with Gasteiger partial charge in [-0.1, -0.05) is 51.1 Å². The van der Waals surface area contributed by atoms with Gasteiger partial charge in [-0.3, -0.25) is 18.6 Å². The molecule has 0 aromatic heterocycles. The van der Waals surface area contributed by atoms with E-state index >= 15 is 0 Å². The van der Waals surface area contributed by atoms with Gasteiger partial charge in [0.25, 0.3) is 0 Å². The van der Waals surface area contributed by atoms with E-state index in [0.29, 0.717) is 5.56 Å². The van der Waals surface area contributed by atoms with E-state index in [2.05, 4.69) is 10.1 Å². The topological polar surface area (TPSA) is 111 Å². The summed E-state index contributed by atoms with van der Waals surface area (Å²) in [6.07, 6.45) is -1.26. The van der Waals surface area contributed by atoms with Crippen molar-refractivity contribution in [2.75, 3.05) is 13.7 Å². The third-order valence-corrected chi connectivity index (χ3v) is 4.29. The molecular formula is C17H26NO7P. The molecule has 0 saturated carbocycles. The highest BCUT2D eigenvalue weighted by atomic mass is 31.2. The summed E-state index contributed by atoms with van der Waals surface area (Å²) in [5.74, 6) is -1.09. The van der Waals surface area contributed by atoms with Gasteiger partial charge in [-0.25, -0.2) is 4.57 Å². The maximum Gasteiger partial charge on any atom is 0.473 e. The number of methoxy groups -OCH3 is 1. The van der Waals surface area contributed by atoms with Crippen LogP contribution in [0.3, 0.4) is 0 Å². The van der Waals surface area contributed by atoms with Gasteiger partial charge in [0.2, 0.25) is 5.91 Å². The molecule has 26 heavy (non-hydrogen) atoms. The Balaban J connectivity index is 2.68. The zero-order valence-corrected chi connectivity index (χ0v) is 16.3. The first-order valence-corrected chi connectivity index (χ1v) is 9.59. The first kappa shape index (κ1) is 22.3. The Kier molecular flexibility index (Phi) is 8.43. The lowest BCUT2D eigenvalue weighted by Gasteiger charge is -2.30. The van der Waals surface area contributed by atoms with Crippen molar-refractivity contribution in [1.29, 1.82) is 0 Å². The van der Waals surface area contributed by atoms with Gasteiger partial charge in [-0.05, 0) is 11.0 Å². The maximum absolute atomic E-state index is 12.3. The molecule has 1 amide bonds. The molecule has 1 unspecified atom stereocenters. The lowest BCUT2D eigenvalue weighted by molar-refractivity contribution is -0.140. The number of phosphoric ester groups is 1. The molecule has 1 rings (SSSR count). The van der Waals surface area contributed by atoms with Crippen LogP contribution in [0.15, 0.2) is 30.3 Å². The highest BCUT2D eigenvalue weighted by molar-refractivity contribution is 7.47. The molecular weight excluding hydrogens is 361 g/mol. The number of carbonyl (C=O) groups is 2. The number of amides is 1. The Morgan fingerprint density at radius 3 is 2.38 bits per heavy atom. The van der Waals surface area contributed by atoms with Crippen LogP contribution >= 0.6 is 7.82 Å². The van der Waals surface area contributed by atoms with E-state index in [-0.39, 0.29) is 19.6 Å². The van der Waals surface area contributed by atoms with Crippen molar-refractivity contribution in [2.45, 2.75) is 39.9 Å². The van der Waals surface area contributed by atoms with Gasteiger partial charge in [0.1, 0.15) is 0 Å². The van der Waals surface area contributed by atoms with E-state index in [4.69, 9.17) is 9.05 Å². The smallest absolute Gasteiger partial charge is 0.469 e. The number of carbonyl (C=O) groups excluding carboxylic acids is 2. The fraction of sp³-hybridized carbons (Fsp3) is 0.529. The number of nitrogens with one attached hydrogen (secondary N) is 1. The number of phosphoric acid groups is 1. The summed E-state index contributed by atoms with van der Waals surface area (Å²) in [5.41, 5.74) is -0.0793. The molecule has 1 aromatic rings. The predicted molar refractivity (Wildman–Crippen MR) is 95.0 cm³/mol. The van der Waals surface area contributed by atoms with Gasteiger partial charge in [-0.15, -0.1) is 0 Å². The van der Waals surface area contributed by atoms with Crippen molar-refractivity contribution in [1.82, 2.24) is 5.32 Å². The van der Waals surface area contributed by atoms with Crippen LogP contribution in [0.4, 0.5) is 0 Å². The van der Waals surface area contributed by atoms with E-state index in [1.807, 2.05) is 6.07 Å². The molecule has 0 radical (unpaired) electrons. The van der Waals surface area contributed by atoms with Gasteiger partial charge in [0.15, 0.2) is 6.10 Å². The van der Waals surface area contributed by atoms with E-state index in [1.165, 1.54) is 7.11 Å². The minimum absolute atomic E-state index is 0.0135. The van der Waals surface area contributed by atoms with E-state index in [0.717, 1.165) is 0 Å². The fourth-order valence-corrected chi connectivity index (χ4v) is 3.03. The molecule has 0 spiro atoms. The van der Waals surface area contributed by atoms with Crippen molar-refractivity contribution in [3.05, 3.63) is 35.9 Å². The lowest BCUT2D eigenvalue weighted by atomic mass is 9.88. The van der Waals surface area contributed by atoms with E-state index in [9.17, 15) is 19.0 Å². The number of benzene rings is 1. The molecule has 146 valence electrons. The largest absolute Gasteiger partial charge is 0.473 e. The van der Waals surface area contributed by atoms with Gasteiger partial charge in [0.05, 0.1) is 20.1 Å².